The Morgan fingerprint density at radius 1 is 1.14 bits per heavy atom. The number of sulfone groups is 1. The van der Waals surface area contributed by atoms with Gasteiger partial charge in [-0.2, -0.15) is 0 Å². The molecule has 2 rings (SSSR count). The minimum absolute atomic E-state index is 0.0619. The summed E-state index contributed by atoms with van der Waals surface area (Å²) in [4.78, 5) is 11.0. The summed E-state index contributed by atoms with van der Waals surface area (Å²) in [5.41, 5.74) is -0.264. The minimum Gasteiger partial charge on any atom is -0.478 e. The number of halogens is 1. The molecule has 110 valence electrons. The van der Waals surface area contributed by atoms with Crippen LogP contribution in [0.1, 0.15) is 10.4 Å². The average molecular weight is 310 g/mol. The van der Waals surface area contributed by atoms with Gasteiger partial charge in [0.2, 0.25) is 0 Å². The van der Waals surface area contributed by atoms with Crippen LogP contribution in [0.25, 0.3) is 0 Å². The molecule has 0 bridgehead atoms. The molecular weight excluding hydrogens is 299 g/mol. The van der Waals surface area contributed by atoms with Gasteiger partial charge in [-0.05, 0) is 24.3 Å². The van der Waals surface area contributed by atoms with Gasteiger partial charge < -0.3 is 9.84 Å². The number of hydrogen-bond donors (Lipinski definition) is 1. The second-order valence-corrected chi connectivity index (χ2v) is 6.25. The third-order valence-corrected chi connectivity index (χ3v) is 3.78. The Bertz CT molecular complexity index is 799. The van der Waals surface area contributed by atoms with Gasteiger partial charge in [0.1, 0.15) is 27.8 Å². The molecule has 0 unspecified atom stereocenters. The first-order valence-corrected chi connectivity index (χ1v) is 7.68. The van der Waals surface area contributed by atoms with E-state index in [1.807, 2.05) is 0 Å². The van der Waals surface area contributed by atoms with E-state index in [-0.39, 0.29) is 22.0 Å². The molecule has 0 radical (unpaired) electrons. The van der Waals surface area contributed by atoms with Gasteiger partial charge in [-0.1, -0.05) is 12.1 Å². The number of ether oxygens (including phenoxy) is 1. The van der Waals surface area contributed by atoms with Crippen molar-refractivity contribution in [1.82, 2.24) is 0 Å². The molecule has 2 aromatic rings. The Balaban J connectivity index is 2.54. The SMILES string of the molecule is CS(=O)(=O)c1ccccc1Oc1cc(F)ccc1C(=O)O. The predicted octanol–water partition coefficient (Wildman–Crippen LogP) is 2.72. The van der Waals surface area contributed by atoms with Crippen molar-refractivity contribution in [3.63, 3.8) is 0 Å². The smallest absolute Gasteiger partial charge is 0.339 e. The molecule has 0 aliphatic carbocycles. The zero-order valence-corrected chi connectivity index (χ0v) is 11.7. The lowest BCUT2D eigenvalue weighted by molar-refractivity contribution is 0.0694. The fraction of sp³-hybridized carbons (Fsp3) is 0.0714. The first-order valence-electron chi connectivity index (χ1n) is 5.79. The summed E-state index contributed by atoms with van der Waals surface area (Å²) in [7, 11) is -3.56. The van der Waals surface area contributed by atoms with Crippen molar-refractivity contribution in [3.05, 3.63) is 53.8 Å². The van der Waals surface area contributed by atoms with Gasteiger partial charge in [0, 0.05) is 12.3 Å². The van der Waals surface area contributed by atoms with Gasteiger partial charge in [-0.25, -0.2) is 17.6 Å². The Labute approximate surface area is 120 Å². The predicted molar refractivity (Wildman–Crippen MR) is 73.0 cm³/mol. The molecule has 0 aliphatic heterocycles. The lowest BCUT2D eigenvalue weighted by Crippen LogP contribution is -2.03. The van der Waals surface area contributed by atoms with E-state index in [1.54, 1.807) is 0 Å². The van der Waals surface area contributed by atoms with E-state index in [1.165, 1.54) is 24.3 Å². The maximum Gasteiger partial charge on any atom is 0.339 e. The summed E-state index contributed by atoms with van der Waals surface area (Å²) in [6.45, 7) is 0. The molecule has 7 heteroatoms. The van der Waals surface area contributed by atoms with E-state index in [4.69, 9.17) is 9.84 Å². The first-order chi connectivity index (χ1) is 9.79. The molecule has 21 heavy (non-hydrogen) atoms. The van der Waals surface area contributed by atoms with E-state index < -0.39 is 21.6 Å². The van der Waals surface area contributed by atoms with Crippen LogP contribution in [0.5, 0.6) is 11.5 Å². The monoisotopic (exact) mass is 310 g/mol. The van der Waals surface area contributed by atoms with Crippen LogP contribution in [0.3, 0.4) is 0 Å². The zero-order valence-electron chi connectivity index (χ0n) is 10.9. The number of aromatic carboxylic acids is 1. The number of benzene rings is 2. The molecule has 5 nitrogen and oxygen atoms in total. The van der Waals surface area contributed by atoms with Crippen molar-refractivity contribution < 1.29 is 27.4 Å². The molecule has 0 fully saturated rings. The van der Waals surface area contributed by atoms with Crippen LogP contribution in [0.15, 0.2) is 47.4 Å². The van der Waals surface area contributed by atoms with Crippen LogP contribution in [0, 0.1) is 5.82 Å². The van der Waals surface area contributed by atoms with Gasteiger partial charge in [0.05, 0.1) is 0 Å². The molecule has 0 saturated heterocycles. The topological polar surface area (TPSA) is 80.7 Å². The van der Waals surface area contributed by atoms with E-state index in [0.717, 1.165) is 24.5 Å². The number of carbonyl (C=O) groups is 1. The molecular formula is C14H11FO5S. The van der Waals surface area contributed by atoms with Gasteiger partial charge in [0.25, 0.3) is 0 Å². The molecule has 0 saturated carbocycles. The first kappa shape index (κ1) is 15.0. The Morgan fingerprint density at radius 3 is 2.43 bits per heavy atom. The largest absolute Gasteiger partial charge is 0.478 e. The summed E-state index contributed by atoms with van der Waals surface area (Å²) in [5, 5.41) is 9.04. The maximum absolute atomic E-state index is 13.3. The van der Waals surface area contributed by atoms with E-state index >= 15 is 0 Å². The van der Waals surface area contributed by atoms with Crippen molar-refractivity contribution in [2.75, 3.05) is 6.26 Å². The highest BCUT2D eigenvalue weighted by Crippen LogP contribution is 2.31. The molecule has 0 heterocycles. The molecule has 0 spiro atoms. The fourth-order valence-corrected chi connectivity index (χ4v) is 2.52. The number of carboxylic acids is 1. The number of carboxylic acid groups (broad SMARTS) is 1. The fourth-order valence-electron chi connectivity index (χ4n) is 1.72. The minimum atomic E-state index is -3.56. The zero-order chi connectivity index (χ0) is 15.6. The van der Waals surface area contributed by atoms with Gasteiger partial charge >= 0.3 is 5.97 Å². The molecule has 0 aliphatic rings. The van der Waals surface area contributed by atoms with Gasteiger partial charge in [0.15, 0.2) is 9.84 Å². The van der Waals surface area contributed by atoms with Crippen molar-refractivity contribution in [3.8, 4) is 11.5 Å². The summed E-state index contributed by atoms with van der Waals surface area (Å²) in [6, 6.07) is 8.66. The van der Waals surface area contributed by atoms with Crippen LogP contribution < -0.4 is 4.74 Å². The molecule has 0 amide bonds. The lowest BCUT2D eigenvalue weighted by atomic mass is 10.2. The highest BCUT2D eigenvalue weighted by molar-refractivity contribution is 7.90. The number of rotatable bonds is 4. The second kappa shape index (κ2) is 5.53. The van der Waals surface area contributed by atoms with Crippen LogP contribution in [-0.4, -0.2) is 25.7 Å². The highest BCUT2D eigenvalue weighted by atomic mass is 32.2. The standard InChI is InChI=1S/C14H11FO5S/c1-21(18,19)13-5-3-2-4-11(13)20-12-8-9(15)6-7-10(12)14(16)17/h2-8H,1H3,(H,16,17). The third kappa shape index (κ3) is 3.38. The normalized spacial score (nSPS) is 11.1. The van der Waals surface area contributed by atoms with E-state index in [9.17, 15) is 17.6 Å². The highest BCUT2D eigenvalue weighted by Gasteiger charge is 2.18. The summed E-state index contributed by atoms with van der Waals surface area (Å²) >= 11 is 0. The van der Waals surface area contributed by atoms with Crippen LogP contribution in [0.4, 0.5) is 4.39 Å². The molecule has 2 aromatic carbocycles. The Morgan fingerprint density at radius 2 is 1.81 bits per heavy atom. The van der Waals surface area contributed by atoms with Crippen molar-refractivity contribution >= 4 is 15.8 Å². The second-order valence-electron chi connectivity index (χ2n) is 4.27. The lowest BCUT2D eigenvalue weighted by Gasteiger charge is -2.11. The Hall–Kier alpha value is -2.41. The summed E-state index contributed by atoms with van der Waals surface area (Å²) in [6.07, 6.45) is 0.999. The quantitative estimate of drug-likeness (QED) is 0.939. The summed E-state index contributed by atoms with van der Waals surface area (Å²) < 4.78 is 41.9. The van der Waals surface area contributed by atoms with Crippen molar-refractivity contribution in [2.24, 2.45) is 0 Å². The molecule has 0 aromatic heterocycles. The van der Waals surface area contributed by atoms with Gasteiger partial charge in [-0.3, -0.25) is 0 Å². The van der Waals surface area contributed by atoms with Gasteiger partial charge in [-0.15, -0.1) is 0 Å². The van der Waals surface area contributed by atoms with Crippen LogP contribution in [0.2, 0.25) is 0 Å². The van der Waals surface area contributed by atoms with Crippen molar-refractivity contribution in [1.29, 1.82) is 0 Å². The van der Waals surface area contributed by atoms with Crippen LogP contribution >= 0.6 is 0 Å². The maximum atomic E-state index is 13.3. The van der Waals surface area contributed by atoms with E-state index in [0.29, 0.717) is 0 Å². The van der Waals surface area contributed by atoms with Crippen LogP contribution in [-0.2, 0) is 9.84 Å². The Kier molecular flexibility index (Phi) is 3.95. The average Bonchev–Trinajstić information content (AvgIpc) is 2.37. The number of hydrogen-bond acceptors (Lipinski definition) is 4. The number of para-hydroxylation sites is 1. The third-order valence-electron chi connectivity index (χ3n) is 2.64. The molecule has 0 atom stereocenters. The molecule has 1 N–H and O–H groups in total. The van der Waals surface area contributed by atoms with Crippen molar-refractivity contribution in [2.45, 2.75) is 4.90 Å². The summed E-state index contributed by atoms with van der Waals surface area (Å²) in [5.74, 6) is -2.32. The van der Waals surface area contributed by atoms with E-state index in [2.05, 4.69) is 0 Å².